The normalized spacial score (nSPS) is 21.0. The Morgan fingerprint density at radius 2 is 1.96 bits per heavy atom. The molecular formula is C35H35F4N7O3. The van der Waals surface area contributed by atoms with Crippen LogP contribution < -0.4 is 9.64 Å². The van der Waals surface area contributed by atoms with Crippen molar-refractivity contribution in [3.63, 3.8) is 0 Å². The fourth-order valence-corrected chi connectivity index (χ4v) is 7.20. The highest BCUT2D eigenvalue weighted by atomic mass is 19.3. The number of piperidine rings is 1. The van der Waals surface area contributed by atoms with Gasteiger partial charge in [0.25, 0.3) is 11.8 Å². The Balaban J connectivity index is 1.28. The van der Waals surface area contributed by atoms with Crippen molar-refractivity contribution in [1.82, 2.24) is 24.6 Å². The molecule has 2 aliphatic heterocycles. The van der Waals surface area contributed by atoms with Crippen molar-refractivity contribution in [3.05, 3.63) is 65.2 Å². The van der Waals surface area contributed by atoms with E-state index in [9.17, 15) is 27.6 Å². The molecule has 4 aromatic rings. The molecule has 1 saturated carbocycles. The van der Waals surface area contributed by atoms with E-state index in [0.29, 0.717) is 70.8 Å². The number of benzene rings is 1. The first-order valence-electron chi connectivity index (χ1n) is 16.3. The highest BCUT2D eigenvalue weighted by Crippen LogP contribution is 2.44. The van der Waals surface area contributed by atoms with Gasteiger partial charge in [-0.25, -0.2) is 27.2 Å². The minimum atomic E-state index is -2.61. The summed E-state index contributed by atoms with van der Waals surface area (Å²) in [5.74, 6) is -4.18. The largest absolute Gasteiger partial charge is 0.482 e. The summed E-state index contributed by atoms with van der Waals surface area (Å²) in [5.41, 5.74) is 3.12. The van der Waals surface area contributed by atoms with Gasteiger partial charge < -0.3 is 9.47 Å². The van der Waals surface area contributed by atoms with Gasteiger partial charge in [-0.1, -0.05) is 19.9 Å². The average Bonchev–Trinajstić information content (AvgIpc) is 3.47. The van der Waals surface area contributed by atoms with Crippen molar-refractivity contribution < 1.29 is 31.8 Å². The van der Waals surface area contributed by atoms with Gasteiger partial charge in [0, 0.05) is 56.1 Å². The molecule has 0 N–H and O–H groups in total. The Labute approximate surface area is 280 Å². The quantitative estimate of drug-likeness (QED) is 0.215. The number of amides is 1. The summed E-state index contributed by atoms with van der Waals surface area (Å²) in [6.07, 6.45) is 3.12. The zero-order valence-corrected chi connectivity index (χ0v) is 27.3. The van der Waals surface area contributed by atoms with Gasteiger partial charge in [-0.2, -0.15) is 10.4 Å². The number of methoxy groups -OCH3 is 1. The zero-order chi connectivity index (χ0) is 34.6. The van der Waals surface area contributed by atoms with E-state index < -0.39 is 23.5 Å². The molecule has 7 rings (SSSR count). The molecule has 256 valence electrons. The Morgan fingerprint density at radius 3 is 2.65 bits per heavy atom. The molecule has 49 heavy (non-hydrogen) atoms. The molecule has 0 bridgehead atoms. The van der Waals surface area contributed by atoms with Crippen LogP contribution in [0, 0.1) is 28.9 Å². The molecule has 5 heterocycles. The topological polar surface area (TPSA) is 109 Å². The second kappa shape index (κ2) is 12.7. The van der Waals surface area contributed by atoms with Crippen molar-refractivity contribution in [2.24, 2.45) is 5.92 Å². The van der Waals surface area contributed by atoms with E-state index in [2.05, 4.69) is 16.0 Å². The molecular weight excluding hydrogens is 642 g/mol. The molecule has 1 aliphatic carbocycles. The molecule has 0 radical (unpaired) electrons. The highest BCUT2D eigenvalue weighted by molar-refractivity contribution is 6.00. The fourth-order valence-electron chi connectivity index (χ4n) is 7.20. The van der Waals surface area contributed by atoms with Gasteiger partial charge in [0.2, 0.25) is 0 Å². The van der Waals surface area contributed by atoms with Gasteiger partial charge >= 0.3 is 0 Å². The molecule has 1 aromatic carbocycles. The first-order chi connectivity index (χ1) is 23.5. The summed E-state index contributed by atoms with van der Waals surface area (Å²) in [5, 5.41) is 15.9. The Hall–Kier alpha value is -4.61. The highest BCUT2D eigenvalue weighted by Gasteiger charge is 2.49. The third-order valence-electron chi connectivity index (χ3n) is 9.67. The van der Waals surface area contributed by atoms with Crippen molar-refractivity contribution in [2.75, 3.05) is 31.7 Å². The molecule has 2 atom stereocenters. The summed E-state index contributed by atoms with van der Waals surface area (Å²) >= 11 is 0. The number of ether oxygens (including phenoxy) is 2. The maximum Gasteiger partial charge on any atom is 0.265 e. The van der Waals surface area contributed by atoms with Crippen molar-refractivity contribution in [3.8, 4) is 22.9 Å². The third kappa shape index (κ3) is 6.10. The number of nitriles is 1. The first kappa shape index (κ1) is 32.9. The molecule has 1 saturated heterocycles. The molecule has 10 nitrogen and oxygen atoms in total. The average molecular weight is 678 g/mol. The van der Waals surface area contributed by atoms with Crippen LogP contribution >= 0.6 is 0 Å². The van der Waals surface area contributed by atoms with Crippen molar-refractivity contribution in [2.45, 2.75) is 70.2 Å². The van der Waals surface area contributed by atoms with E-state index in [1.165, 1.54) is 4.90 Å². The van der Waals surface area contributed by atoms with Crippen LogP contribution in [0.5, 0.6) is 5.75 Å². The maximum absolute atomic E-state index is 14.5. The van der Waals surface area contributed by atoms with E-state index in [0.717, 1.165) is 12.3 Å². The Kier molecular flexibility index (Phi) is 8.52. The Morgan fingerprint density at radius 1 is 1.16 bits per heavy atom. The number of pyridine rings is 2. The summed E-state index contributed by atoms with van der Waals surface area (Å²) in [4.78, 5) is 25.1. The molecule has 0 spiro atoms. The summed E-state index contributed by atoms with van der Waals surface area (Å²) in [6, 6.07) is 7.87. The number of alkyl halides is 2. The lowest BCUT2D eigenvalue weighted by molar-refractivity contribution is -0.139. The standard InChI is InChI=1S/C35H35F4N7O3/c1-19(2)8-26-23(13-40)33(20-4-5-28-30(9-20)49-18-32(47)45(28)16-27-25(37)10-21(36)14-41-27)24-15-42-46(34(24)43-26)29-6-7-44(17-31(29)48-3)22-11-35(38,39)12-22/h4-5,9-10,14-15,19,22,29,31H,6-8,11-12,16-18H2,1-3H3. The van der Waals surface area contributed by atoms with Crippen LogP contribution in [-0.4, -0.2) is 75.4 Å². The van der Waals surface area contributed by atoms with E-state index in [4.69, 9.17) is 19.6 Å². The number of aromatic nitrogens is 4. The van der Waals surface area contributed by atoms with Crippen LogP contribution in [0.4, 0.5) is 23.2 Å². The smallest absolute Gasteiger partial charge is 0.265 e. The lowest BCUT2D eigenvalue weighted by Crippen LogP contribution is -2.56. The third-order valence-corrected chi connectivity index (χ3v) is 9.67. The monoisotopic (exact) mass is 677 g/mol. The molecule has 3 aliphatic rings. The minimum absolute atomic E-state index is 0.0918. The number of fused-ring (bicyclic) bond motifs is 2. The number of rotatable bonds is 8. The molecule has 2 unspecified atom stereocenters. The number of hydrogen-bond acceptors (Lipinski definition) is 8. The van der Waals surface area contributed by atoms with Gasteiger partial charge in [0.05, 0.1) is 53.7 Å². The number of anilines is 1. The molecule has 3 aromatic heterocycles. The maximum atomic E-state index is 14.5. The Bertz CT molecular complexity index is 1970. The van der Waals surface area contributed by atoms with Crippen LogP contribution in [-0.2, 0) is 22.5 Å². The number of carbonyl (C=O) groups is 1. The van der Waals surface area contributed by atoms with Gasteiger partial charge in [0.15, 0.2) is 12.3 Å². The summed E-state index contributed by atoms with van der Waals surface area (Å²) in [7, 11) is 1.61. The van der Waals surface area contributed by atoms with Gasteiger partial charge in [-0.05, 0) is 36.5 Å². The molecule has 2 fully saturated rings. The van der Waals surface area contributed by atoms with Crippen LogP contribution in [0.25, 0.3) is 22.2 Å². The number of carbonyl (C=O) groups excluding carboxylic acids is 1. The second-order valence-electron chi connectivity index (χ2n) is 13.4. The van der Waals surface area contributed by atoms with Crippen LogP contribution in [0.2, 0.25) is 0 Å². The number of hydrogen-bond donors (Lipinski definition) is 0. The second-order valence-corrected chi connectivity index (χ2v) is 13.4. The lowest BCUT2D eigenvalue weighted by atomic mass is 9.85. The van der Waals surface area contributed by atoms with Crippen molar-refractivity contribution >= 4 is 22.6 Å². The SMILES string of the molecule is COC1CN(C2CC(F)(F)C2)CCC1n1ncc2c(-c3ccc4c(c3)OCC(=O)N4Cc3ncc(F)cc3F)c(C#N)c(CC(C)C)nc21. The predicted molar refractivity (Wildman–Crippen MR) is 171 cm³/mol. The van der Waals surface area contributed by atoms with Gasteiger partial charge in [-0.15, -0.1) is 0 Å². The molecule has 1 amide bonds. The summed E-state index contributed by atoms with van der Waals surface area (Å²) in [6.45, 7) is 4.66. The number of likely N-dealkylation sites (tertiary alicyclic amines) is 1. The number of halogens is 4. The van der Waals surface area contributed by atoms with Gasteiger partial charge in [0.1, 0.15) is 23.5 Å². The van der Waals surface area contributed by atoms with E-state index in [-0.39, 0.29) is 55.8 Å². The predicted octanol–water partition coefficient (Wildman–Crippen LogP) is 5.83. The zero-order valence-electron chi connectivity index (χ0n) is 27.3. The van der Waals surface area contributed by atoms with E-state index in [1.807, 2.05) is 18.5 Å². The number of nitrogens with zero attached hydrogens (tertiary/aromatic N) is 7. The van der Waals surface area contributed by atoms with Crippen LogP contribution in [0.15, 0.2) is 36.7 Å². The van der Waals surface area contributed by atoms with E-state index >= 15 is 0 Å². The summed E-state index contributed by atoms with van der Waals surface area (Å²) < 4.78 is 68.8. The first-order valence-corrected chi connectivity index (χ1v) is 16.3. The van der Waals surface area contributed by atoms with Crippen molar-refractivity contribution in [1.29, 1.82) is 5.26 Å². The van der Waals surface area contributed by atoms with Crippen LogP contribution in [0.1, 0.15) is 56.1 Å². The fraction of sp³-hybridized carbons (Fsp3) is 0.457. The lowest BCUT2D eigenvalue weighted by Gasteiger charge is -2.47. The van der Waals surface area contributed by atoms with E-state index in [1.54, 1.807) is 31.5 Å². The van der Waals surface area contributed by atoms with Crippen LogP contribution in [0.3, 0.4) is 0 Å². The minimum Gasteiger partial charge on any atom is -0.482 e. The van der Waals surface area contributed by atoms with Gasteiger partial charge in [-0.3, -0.25) is 19.6 Å². The molecule has 14 heteroatoms.